The van der Waals surface area contributed by atoms with E-state index >= 15 is 0 Å². The van der Waals surface area contributed by atoms with Crippen LogP contribution in [-0.2, 0) is 23.7 Å². The molecule has 0 aliphatic heterocycles. The fourth-order valence-electron chi connectivity index (χ4n) is 2.82. The maximum atomic E-state index is 11.6. The van der Waals surface area contributed by atoms with Gasteiger partial charge in [-0.2, -0.15) is 0 Å². The molecule has 0 fully saturated rings. The van der Waals surface area contributed by atoms with E-state index in [1.165, 1.54) is 64.2 Å². The van der Waals surface area contributed by atoms with Crippen molar-refractivity contribution < 1.29 is 23.7 Å². The van der Waals surface area contributed by atoms with Gasteiger partial charge in [-0.15, -0.1) is 0 Å². The molecule has 0 aromatic carbocycles. The average molecular weight is 389 g/mol. The summed E-state index contributed by atoms with van der Waals surface area (Å²) in [6.07, 6.45) is 16.0. The van der Waals surface area contributed by atoms with Gasteiger partial charge in [-0.3, -0.25) is 4.79 Å². The van der Waals surface area contributed by atoms with Gasteiger partial charge in [0.2, 0.25) is 0 Å². The summed E-state index contributed by atoms with van der Waals surface area (Å²) < 4.78 is 20.7. The van der Waals surface area contributed by atoms with Crippen molar-refractivity contribution in [3.05, 3.63) is 0 Å². The molecule has 0 unspecified atom stereocenters. The minimum absolute atomic E-state index is 0.168. The summed E-state index contributed by atoms with van der Waals surface area (Å²) in [4.78, 5) is 11.6. The van der Waals surface area contributed by atoms with Crippen LogP contribution in [0.1, 0.15) is 90.4 Å². The van der Waals surface area contributed by atoms with E-state index in [0.717, 1.165) is 12.8 Å². The molecule has 27 heavy (non-hydrogen) atoms. The predicted molar refractivity (Wildman–Crippen MR) is 110 cm³/mol. The van der Waals surface area contributed by atoms with Gasteiger partial charge in [-0.1, -0.05) is 77.6 Å². The second-order valence-corrected chi connectivity index (χ2v) is 7.08. The molecule has 5 heteroatoms. The van der Waals surface area contributed by atoms with Crippen LogP contribution < -0.4 is 0 Å². The number of methoxy groups -OCH3 is 1. The molecule has 0 bridgehead atoms. The van der Waals surface area contributed by atoms with Gasteiger partial charge in [0.05, 0.1) is 46.1 Å². The minimum atomic E-state index is -0.168. The van der Waals surface area contributed by atoms with Crippen LogP contribution in [-0.4, -0.2) is 52.7 Å². The van der Waals surface area contributed by atoms with Crippen molar-refractivity contribution in [2.24, 2.45) is 0 Å². The third kappa shape index (κ3) is 23.3. The quantitative estimate of drug-likeness (QED) is 0.186. The van der Waals surface area contributed by atoms with E-state index in [-0.39, 0.29) is 5.97 Å². The highest BCUT2D eigenvalue weighted by molar-refractivity contribution is 5.69. The van der Waals surface area contributed by atoms with Crippen LogP contribution in [0.15, 0.2) is 0 Å². The van der Waals surface area contributed by atoms with Gasteiger partial charge in [-0.25, -0.2) is 0 Å². The molecule has 0 atom stereocenters. The first-order valence-corrected chi connectivity index (χ1v) is 11.1. The Balaban J connectivity index is 3.12. The maximum Gasteiger partial charge on any atom is 0.308 e. The molecule has 0 aliphatic carbocycles. The van der Waals surface area contributed by atoms with E-state index < -0.39 is 0 Å². The van der Waals surface area contributed by atoms with Crippen molar-refractivity contribution >= 4 is 5.97 Å². The Labute approximate surface area is 167 Å². The Hall–Kier alpha value is -0.650. The lowest BCUT2D eigenvalue weighted by Gasteiger charge is -2.07. The van der Waals surface area contributed by atoms with Gasteiger partial charge >= 0.3 is 5.97 Å². The third-order valence-electron chi connectivity index (χ3n) is 4.52. The SMILES string of the molecule is CCCCCCCCCCCCCCOC(=O)CCOCCOCCOC. The molecule has 0 amide bonds. The average Bonchev–Trinajstić information content (AvgIpc) is 2.67. The van der Waals surface area contributed by atoms with Crippen LogP contribution >= 0.6 is 0 Å². The van der Waals surface area contributed by atoms with Crippen molar-refractivity contribution in [2.45, 2.75) is 90.4 Å². The molecule has 0 heterocycles. The lowest BCUT2D eigenvalue weighted by Crippen LogP contribution is -2.12. The van der Waals surface area contributed by atoms with Crippen molar-refractivity contribution in [3.63, 3.8) is 0 Å². The lowest BCUT2D eigenvalue weighted by molar-refractivity contribution is -0.145. The van der Waals surface area contributed by atoms with Gasteiger partial charge in [0.15, 0.2) is 0 Å². The zero-order valence-electron chi connectivity index (χ0n) is 18.0. The number of carbonyl (C=O) groups is 1. The number of hydrogen-bond acceptors (Lipinski definition) is 5. The molecule has 0 radical (unpaired) electrons. The Morgan fingerprint density at radius 2 is 1.07 bits per heavy atom. The summed E-state index contributed by atoms with van der Waals surface area (Å²) in [5, 5.41) is 0. The maximum absolute atomic E-state index is 11.6. The number of esters is 1. The highest BCUT2D eigenvalue weighted by Gasteiger charge is 2.02. The fraction of sp³-hybridized carbons (Fsp3) is 0.955. The summed E-state index contributed by atoms with van der Waals surface area (Å²) in [5.41, 5.74) is 0. The van der Waals surface area contributed by atoms with E-state index in [9.17, 15) is 4.79 Å². The van der Waals surface area contributed by atoms with E-state index in [2.05, 4.69) is 6.92 Å². The molecule has 0 saturated heterocycles. The summed E-state index contributed by atoms with van der Waals surface area (Å²) in [6, 6.07) is 0. The molecule has 0 N–H and O–H groups in total. The fourth-order valence-corrected chi connectivity index (χ4v) is 2.82. The second-order valence-electron chi connectivity index (χ2n) is 7.08. The minimum Gasteiger partial charge on any atom is -0.466 e. The normalized spacial score (nSPS) is 11.0. The number of hydrogen-bond donors (Lipinski definition) is 0. The molecule has 162 valence electrons. The monoisotopic (exact) mass is 388 g/mol. The Morgan fingerprint density at radius 1 is 0.593 bits per heavy atom. The van der Waals surface area contributed by atoms with Gasteiger partial charge in [0, 0.05) is 7.11 Å². The Morgan fingerprint density at radius 3 is 1.63 bits per heavy atom. The van der Waals surface area contributed by atoms with Crippen molar-refractivity contribution in [1.82, 2.24) is 0 Å². The van der Waals surface area contributed by atoms with Crippen LogP contribution in [0.3, 0.4) is 0 Å². The van der Waals surface area contributed by atoms with Crippen molar-refractivity contribution in [2.75, 3.05) is 46.8 Å². The highest BCUT2D eigenvalue weighted by atomic mass is 16.5. The predicted octanol–water partition coefficient (Wildman–Crippen LogP) is 5.30. The zero-order chi connectivity index (χ0) is 19.8. The summed E-state index contributed by atoms with van der Waals surface area (Å²) >= 11 is 0. The molecule has 0 saturated carbocycles. The lowest BCUT2D eigenvalue weighted by atomic mass is 10.1. The molecular weight excluding hydrogens is 344 g/mol. The van der Waals surface area contributed by atoms with Crippen LogP contribution in [0.5, 0.6) is 0 Å². The molecule has 0 aliphatic rings. The number of unbranched alkanes of at least 4 members (excludes halogenated alkanes) is 11. The standard InChI is InChI=1S/C22H44O5/c1-3-4-5-6-7-8-9-10-11-12-13-14-16-27-22(23)15-17-25-20-21-26-19-18-24-2/h3-21H2,1-2H3. The van der Waals surface area contributed by atoms with Crippen LogP contribution in [0.4, 0.5) is 0 Å². The number of carbonyl (C=O) groups excluding carboxylic acids is 1. The molecular formula is C22H44O5. The zero-order valence-corrected chi connectivity index (χ0v) is 18.0. The molecule has 0 aromatic heterocycles. The Bertz CT molecular complexity index is 296. The van der Waals surface area contributed by atoms with Crippen molar-refractivity contribution in [1.29, 1.82) is 0 Å². The Kier molecular flexibility index (Phi) is 22.8. The second kappa shape index (κ2) is 23.4. The van der Waals surface area contributed by atoms with Crippen LogP contribution in [0.2, 0.25) is 0 Å². The van der Waals surface area contributed by atoms with E-state index in [1.54, 1.807) is 7.11 Å². The van der Waals surface area contributed by atoms with Gasteiger partial charge in [-0.05, 0) is 6.42 Å². The summed E-state index contributed by atoms with van der Waals surface area (Å²) in [6.45, 7) is 5.37. The van der Waals surface area contributed by atoms with E-state index in [0.29, 0.717) is 46.1 Å². The molecule has 0 rings (SSSR count). The summed E-state index contributed by atoms with van der Waals surface area (Å²) in [5.74, 6) is -0.168. The smallest absolute Gasteiger partial charge is 0.308 e. The van der Waals surface area contributed by atoms with Crippen LogP contribution in [0, 0.1) is 0 Å². The van der Waals surface area contributed by atoms with Crippen molar-refractivity contribution in [3.8, 4) is 0 Å². The third-order valence-corrected chi connectivity index (χ3v) is 4.52. The first-order chi connectivity index (χ1) is 13.3. The highest BCUT2D eigenvalue weighted by Crippen LogP contribution is 2.11. The van der Waals surface area contributed by atoms with Gasteiger partial charge < -0.3 is 18.9 Å². The summed E-state index contributed by atoms with van der Waals surface area (Å²) in [7, 11) is 1.64. The van der Waals surface area contributed by atoms with Crippen LogP contribution in [0.25, 0.3) is 0 Å². The topological polar surface area (TPSA) is 54.0 Å². The number of ether oxygens (including phenoxy) is 4. The molecule has 0 aromatic rings. The van der Waals surface area contributed by atoms with E-state index in [4.69, 9.17) is 18.9 Å². The molecule has 0 spiro atoms. The first-order valence-electron chi connectivity index (χ1n) is 11.1. The first kappa shape index (κ1) is 26.4. The van der Waals surface area contributed by atoms with E-state index in [1.807, 2.05) is 0 Å². The van der Waals surface area contributed by atoms with Gasteiger partial charge in [0.25, 0.3) is 0 Å². The number of rotatable bonds is 22. The molecule has 5 nitrogen and oxygen atoms in total. The van der Waals surface area contributed by atoms with Gasteiger partial charge in [0.1, 0.15) is 0 Å². The largest absolute Gasteiger partial charge is 0.466 e.